The molecule has 0 aromatic heterocycles. The molecule has 0 bridgehead atoms. The normalized spacial score (nSPS) is 12.0. The molecule has 22 heavy (non-hydrogen) atoms. The molecule has 5 heteroatoms. The minimum absolute atomic E-state index is 0.131. The van der Waals surface area contributed by atoms with Crippen molar-refractivity contribution in [3.63, 3.8) is 0 Å². The summed E-state index contributed by atoms with van der Waals surface area (Å²) in [6, 6.07) is 15.7. The van der Waals surface area contributed by atoms with Gasteiger partial charge in [-0.15, -0.1) is 11.8 Å². The molecular formula is C17H15NO2S2. The molecular weight excluding hydrogens is 314 g/mol. The molecule has 3 nitrogen and oxygen atoms in total. The Kier molecular flexibility index (Phi) is 5.07. The van der Waals surface area contributed by atoms with Crippen LogP contribution < -0.4 is 0 Å². The Bertz CT molecular complexity index is 828. The van der Waals surface area contributed by atoms with Crippen LogP contribution in [0.3, 0.4) is 0 Å². The quantitative estimate of drug-likeness (QED) is 0.627. The zero-order chi connectivity index (χ0) is 16.2. The van der Waals surface area contributed by atoms with Gasteiger partial charge in [0, 0.05) is 4.90 Å². The number of rotatable bonds is 4. The fraction of sp³-hybridized carbons (Fsp3) is 0.118. The molecule has 0 aliphatic heterocycles. The van der Waals surface area contributed by atoms with Gasteiger partial charge in [0.25, 0.3) is 0 Å². The molecule has 0 unspecified atom stereocenters. The standard InChI is InChI=1S/C17H15NO2S2/c1-13-3-9-16(10-4-13)22(19,20)17(12-18)11-14-5-7-15(21-2)8-6-14/h3-11H,1-2H3/b17-11-. The van der Waals surface area contributed by atoms with E-state index in [1.165, 1.54) is 18.2 Å². The van der Waals surface area contributed by atoms with E-state index < -0.39 is 9.84 Å². The number of benzene rings is 2. The third-order valence-corrected chi connectivity index (χ3v) is 5.57. The van der Waals surface area contributed by atoms with Crippen molar-refractivity contribution in [2.45, 2.75) is 16.7 Å². The fourth-order valence-electron chi connectivity index (χ4n) is 1.87. The van der Waals surface area contributed by atoms with Gasteiger partial charge < -0.3 is 0 Å². The minimum atomic E-state index is -3.79. The van der Waals surface area contributed by atoms with E-state index in [9.17, 15) is 13.7 Å². The lowest BCUT2D eigenvalue weighted by atomic mass is 10.2. The Labute approximate surface area is 135 Å². The van der Waals surface area contributed by atoms with E-state index in [2.05, 4.69) is 0 Å². The van der Waals surface area contributed by atoms with E-state index in [0.29, 0.717) is 5.56 Å². The molecule has 0 heterocycles. The smallest absolute Gasteiger partial charge is 0.216 e. The van der Waals surface area contributed by atoms with Crippen LogP contribution in [-0.4, -0.2) is 14.7 Å². The van der Waals surface area contributed by atoms with Crippen molar-refractivity contribution >= 4 is 27.7 Å². The van der Waals surface area contributed by atoms with Gasteiger partial charge in [0.15, 0.2) is 0 Å². The maximum absolute atomic E-state index is 12.5. The molecule has 0 aliphatic carbocycles. The van der Waals surface area contributed by atoms with Crippen LogP contribution in [0, 0.1) is 18.3 Å². The third kappa shape index (κ3) is 3.59. The lowest BCUT2D eigenvalue weighted by molar-refractivity contribution is 0.603. The number of hydrogen-bond acceptors (Lipinski definition) is 4. The summed E-state index contributed by atoms with van der Waals surface area (Å²) in [7, 11) is -3.79. The summed E-state index contributed by atoms with van der Waals surface area (Å²) >= 11 is 1.60. The first-order valence-electron chi connectivity index (χ1n) is 6.55. The largest absolute Gasteiger partial charge is 0.218 e. The number of hydrogen-bond donors (Lipinski definition) is 0. The summed E-state index contributed by atoms with van der Waals surface area (Å²) in [6.07, 6.45) is 3.37. The molecule has 112 valence electrons. The first kappa shape index (κ1) is 16.3. The molecule has 0 radical (unpaired) electrons. The number of allylic oxidation sites excluding steroid dienone is 1. The van der Waals surface area contributed by atoms with E-state index in [1.54, 1.807) is 42.1 Å². The van der Waals surface area contributed by atoms with Crippen LogP contribution in [0.4, 0.5) is 0 Å². The van der Waals surface area contributed by atoms with Crippen LogP contribution in [0.2, 0.25) is 0 Å². The molecule has 0 N–H and O–H groups in total. The maximum atomic E-state index is 12.5. The first-order chi connectivity index (χ1) is 10.5. The van der Waals surface area contributed by atoms with Crippen LogP contribution in [0.5, 0.6) is 0 Å². The van der Waals surface area contributed by atoms with Crippen LogP contribution in [0.25, 0.3) is 6.08 Å². The number of nitriles is 1. The summed E-state index contributed by atoms with van der Waals surface area (Å²) in [4.78, 5) is 0.955. The van der Waals surface area contributed by atoms with Gasteiger partial charge in [-0.1, -0.05) is 29.8 Å². The maximum Gasteiger partial charge on any atom is 0.216 e. The zero-order valence-electron chi connectivity index (χ0n) is 12.3. The molecule has 2 aromatic carbocycles. The second-order valence-corrected chi connectivity index (χ2v) is 7.51. The second-order valence-electron chi connectivity index (χ2n) is 4.71. The molecule has 2 aromatic rings. The van der Waals surface area contributed by atoms with E-state index in [0.717, 1.165) is 10.5 Å². The Morgan fingerprint density at radius 1 is 1.09 bits per heavy atom. The summed E-state index contributed by atoms with van der Waals surface area (Å²) in [5, 5.41) is 9.24. The Morgan fingerprint density at radius 3 is 2.18 bits per heavy atom. The highest BCUT2D eigenvalue weighted by Crippen LogP contribution is 2.22. The molecule has 0 saturated carbocycles. The van der Waals surface area contributed by atoms with Crippen molar-refractivity contribution in [3.8, 4) is 6.07 Å². The predicted octanol–water partition coefficient (Wildman–Crippen LogP) is 4.06. The monoisotopic (exact) mass is 329 g/mol. The Morgan fingerprint density at radius 2 is 1.68 bits per heavy atom. The highest BCUT2D eigenvalue weighted by molar-refractivity contribution is 7.98. The number of thioether (sulfide) groups is 1. The topological polar surface area (TPSA) is 57.9 Å². The van der Waals surface area contributed by atoms with Crippen LogP contribution in [-0.2, 0) is 9.84 Å². The molecule has 0 amide bonds. The first-order valence-corrected chi connectivity index (χ1v) is 9.26. The molecule has 0 spiro atoms. The van der Waals surface area contributed by atoms with Crippen molar-refractivity contribution in [1.29, 1.82) is 5.26 Å². The van der Waals surface area contributed by atoms with Crippen LogP contribution in [0.1, 0.15) is 11.1 Å². The van der Waals surface area contributed by atoms with Crippen LogP contribution in [0.15, 0.2) is 63.2 Å². The summed E-state index contributed by atoms with van der Waals surface area (Å²) < 4.78 is 25.0. The van der Waals surface area contributed by atoms with Gasteiger partial charge >= 0.3 is 0 Å². The molecule has 0 saturated heterocycles. The molecule has 2 rings (SSSR count). The molecule has 0 aliphatic rings. The van der Waals surface area contributed by atoms with Gasteiger partial charge in [0.05, 0.1) is 4.90 Å². The van der Waals surface area contributed by atoms with E-state index in [4.69, 9.17) is 0 Å². The molecule has 0 atom stereocenters. The van der Waals surface area contributed by atoms with Gasteiger partial charge in [0.2, 0.25) is 9.84 Å². The van der Waals surface area contributed by atoms with Crippen molar-refractivity contribution in [3.05, 3.63) is 64.6 Å². The van der Waals surface area contributed by atoms with Gasteiger partial charge in [-0.25, -0.2) is 8.42 Å². The minimum Gasteiger partial charge on any atom is -0.218 e. The highest BCUT2D eigenvalue weighted by atomic mass is 32.2. The Hall–Kier alpha value is -2.03. The van der Waals surface area contributed by atoms with Crippen molar-refractivity contribution < 1.29 is 8.42 Å². The van der Waals surface area contributed by atoms with Crippen molar-refractivity contribution in [2.75, 3.05) is 6.26 Å². The SMILES string of the molecule is CSc1ccc(/C=C(/C#N)S(=O)(=O)c2ccc(C)cc2)cc1. The molecule has 0 fully saturated rings. The number of aryl methyl sites for hydroxylation is 1. The summed E-state index contributed by atoms with van der Waals surface area (Å²) in [5.74, 6) is 0. The van der Waals surface area contributed by atoms with Crippen molar-refractivity contribution in [2.24, 2.45) is 0 Å². The fourth-order valence-corrected chi connectivity index (χ4v) is 3.43. The summed E-state index contributed by atoms with van der Waals surface area (Å²) in [6.45, 7) is 1.88. The average Bonchev–Trinajstić information content (AvgIpc) is 2.53. The van der Waals surface area contributed by atoms with E-state index >= 15 is 0 Å². The lowest BCUT2D eigenvalue weighted by Crippen LogP contribution is -2.03. The van der Waals surface area contributed by atoms with E-state index in [1.807, 2.05) is 25.3 Å². The van der Waals surface area contributed by atoms with Gasteiger partial charge in [0.1, 0.15) is 11.0 Å². The van der Waals surface area contributed by atoms with Crippen molar-refractivity contribution in [1.82, 2.24) is 0 Å². The third-order valence-electron chi connectivity index (χ3n) is 3.14. The van der Waals surface area contributed by atoms with Crippen LogP contribution >= 0.6 is 11.8 Å². The van der Waals surface area contributed by atoms with Gasteiger partial charge in [-0.3, -0.25) is 0 Å². The zero-order valence-corrected chi connectivity index (χ0v) is 13.9. The summed E-state index contributed by atoms with van der Waals surface area (Å²) in [5.41, 5.74) is 1.65. The van der Waals surface area contributed by atoms with E-state index in [-0.39, 0.29) is 9.80 Å². The number of sulfone groups is 1. The predicted molar refractivity (Wildman–Crippen MR) is 90.2 cm³/mol. The average molecular weight is 329 g/mol. The lowest BCUT2D eigenvalue weighted by Gasteiger charge is -2.04. The second kappa shape index (κ2) is 6.82. The number of nitrogens with zero attached hydrogens (tertiary/aromatic N) is 1. The van der Waals surface area contributed by atoms with Gasteiger partial charge in [-0.2, -0.15) is 5.26 Å². The van der Waals surface area contributed by atoms with Gasteiger partial charge in [-0.05, 0) is 49.1 Å². The Balaban J connectivity index is 2.43. The highest BCUT2D eigenvalue weighted by Gasteiger charge is 2.20.